The van der Waals surface area contributed by atoms with Gasteiger partial charge in [0.25, 0.3) is 5.56 Å². The van der Waals surface area contributed by atoms with Gasteiger partial charge in [-0.05, 0) is 31.0 Å². The van der Waals surface area contributed by atoms with Crippen molar-refractivity contribution in [3.8, 4) is 11.3 Å². The van der Waals surface area contributed by atoms with Crippen LogP contribution in [0.4, 0.5) is 10.1 Å². The van der Waals surface area contributed by atoms with Crippen molar-refractivity contribution in [2.24, 2.45) is 0 Å². The minimum absolute atomic E-state index is 0.0457. The van der Waals surface area contributed by atoms with Crippen LogP contribution in [0.1, 0.15) is 12.8 Å². The van der Waals surface area contributed by atoms with Crippen LogP contribution in [0, 0.1) is 5.82 Å². The molecule has 0 aliphatic carbocycles. The molecule has 0 fully saturated rings. The fourth-order valence-electron chi connectivity index (χ4n) is 2.57. The van der Waals surface area contributed by atoms with Crippen LogP contribution in [-0.4, -0.2) is 26.2 Å². The second-order valence-corrected chi connectivity index (χ2v) is 5.43. The molecule has 1 aromatic carbocycles. The fourth-order valence-corrected chi connectivity index (χ4v) is 2.57. The number of benzene rings is 1. The number of aliphatic hydroxyl groups excluding tert-OH is 1. The third-order valence-electron chi connectivity index (χ3n) is 3.75. The number of aryl methyl sites for hydroxylation is 1. The van der Waals surface area contributed by atoms with Crippen LogP contribution < -0.4 is 11.3 Å². The molecular weight excluding hydrogens is 311 g/mol. The minimum atomic E-state index is -0.445. The Balaban J connectivity index is 2.25. The van der Waals surface area contributed by atoms with Gasteiger partial charge in [0.2, 0.25) is 0 Å². The Labute approximate surface area is 137 Å². The fraction of sp³-hybridized carbons (Fsp3) is 0.235. The number of pyridine rings is 1. The summed E-state index contributed by atoms with van der Waals surface area (Å²) in [5, 5.41) is 8.96. The Morgan fingerprint density at radius 2 is 2.08 bits per heavy atom. The quantitative estimate of drug-likeness (QED) is 0.698. The SMILES string of the molecule is Nc1ccnc2c1nc(-c1cccc(F)c1)c(=O)n2CCCCO. The lowest BCUT2D eigenvalue weighted by atomic mass is 10.1. The van der Waals surface area contributed by atoms with Gasteiger partial charge in [0, 0.05) is 24.9 Å². The highest BCUT2D eigenvalue weighted by molar-refractivity contribution is 5.85. The van der Waals surface area contributed by atoms with Gasteiger partial charge in [-0.15, -0.1) is 0 Å². The van der Waals surface area contributed by atoms with Gasteiger partial charge in [0.1, 0.15) is 17.0 Å². The van der Waals surface area contributed by atoms with Gasteiger partial charge in [-0.25, -0.2) is 14.4 Å². The minimum Gasteiger partial charge on any atom is -0.397 e. The molecule has 0 unspecified atom stereocenters. The number of halogens is 1. The number of aromatic nitrogens is 3. The molecule has 124 valence electrons. The van der Waals surface area contributed by atoms with E-state index in [1.54, 1.807) is 12.1 Å². The number of aliphatic hydroxyl groups is 1. The lowest BCUT2D eigenvalue weighted by molar-refractivity contribution is 0.281. The van der Waals surface area contributed by atoms with Crippen LogP contribution in [0.25, 0.3) is 22.4 Å². The molecule has 0 radical (unpaired) electrons. The van der Waals surface area contributed by atoms with Crippen molar-refractivity contribution < 1.29 is 9.50 Å². The van der Waals surface area contributed by atoms with Crippen LogP contribution in [0.15, 0.2) is 41.3 Å². The highest BCUT2D eigenvalue weighted by Gasteiger charge is 2.15. The third-order valence-corrected chi connectivity index (χ3v) is 3.75. The van der Waals surface area contributed by atoms with Gasteiger partial charge in [0.05, 0.1) is 5.69 Å². The number of fused-ring (bicyclic) bond motifs is 1. The van der Waals surface area contributed by atoms with Crippen LogP contribution in [0.2, 0.25) is 0 Å². The normalized spacial score (nSPS) is 11.1. The van der Waals surface area contributed by atoms with E-state index >= 15 is 0 Å². The first-order valence-corrected chi connectivity index (χ1v) is 7.63. The number of nitrogens with zero attached hydrogens (tertiary/aromatic N) is 3. The molecular formula is C17H17FN4O2. The lowest BCUT2D eigenvalue weighted by Gasteiger charge is -2.12. The molecule has 2 aromatic heterocycles. The molecule has 3 aromatic rings. The second kappa shape index (κ2) is 6.76. The molecule has 0 spiro atoms. The number of rotatable bonds is 5. The molecule has 0 amide bonds. The number of hydrogen-bond acceptors (Lipinski definition) is 5. The first kappa shape index (κ1) is 16.1. The van der Waals surface area contributed by atoms with E-state index in [4.69, 9.17) is 10.8 Å². The monoisotopic (exact) mass is 328 g/mol. The number of unbranched alkanes of at least 4 members (excludes halogenated alkanes) is 1. The summed E-state index contributed by atoms with van der Waals surface area (Å²) >= 11 is 0. The Hall–Kier alpha value is -2.80. The van der Waals surface area contributed by atoms with E-state index in [1.807, 2.05) is 0 Å². The maximum atomic E-state index is 13.5. The summed E-state index contributed by atoms with van der Waals surface area (Å²) in [6.45, 7) is 0.418. The number of nitrogens with two attached hydrogens (primary N) is 1. The van der Waals surface area contributed by atoms with E-state index in [1.165, 1.54) is 29.0 Å². The van der Waals surface area contributed by atoms with E-state index in [2.05, 4.69) is 9.97 Å². The predicted octanol–water partition coefficient (Wildman–Crippen LogP) is 1.95. The topological polar surface area (TPSA) is 94.0 Å². The van der Waals surface area contributed by atoms with Crippen molar-refractivity contribution in [2.45, 2.75) is 19.4 Å². The molecule has 0 saturated carbocycles. The smallest absolute Gasteiger partial charge is 0.278 e. The molecule has 2 heterocycles. The molecule has 0 atom stereocenters. The predicted molar refractivity (Wildman–Crippen MR) is 89.9 cm³/mol. The van der Waals surface area contributed by atoms with Crippen LogP contribution in [0.3, 0.4) is 0 Å². The van der Waals surface area contributed by atoms with Gasteiger partial charge in [-0.3, -0.25) is 9.36 Å². The Morgan fingerprint density at radius 3 is 2.83 bits per heavy atom. The molecule has 0 aliphatic heterocycles. The highest BCUT2D eigenvalue weighted by atomic mass is 19.1. The largest absolute Gasteiger partial charge is 0.397 e. The maximum Gasteiger partial charge on any atom is 0.278 e. The summed E-state index contributed by atoms with van der Waals surface area (Å²) in [5.74, 6) is -0.445. The van der Waals surface area contributed by atoms with Crippen LogP contribution in [0.5, 0.6) is 0 Å². The van der Waals surface area contributed by atoms with E-state index in [9.17, 15) is 9.18 Å². The highest BCUT2D eigenvalue weighted by Crippen LogP contribution is 2.21. The van der Waals surface area contributed by atoms with Gasteiger partial charge in [-0.1, -0.05) is 12.1 Å². The second-order valence-electron chi connectivity index (χ2n) is 5.43. The summed E-state index contributed by atoms with van der Waals surface area (Å²) in [4.78, 5) is 21.4. The van der Waals surface area contributed by atoms with Crippen molar-refractivity contribution in [1.29, 1.82) is 0 Å². The van der Waals surface area contributed by atoms with Crippen LogP contribution in [-0.2, 0) is 6.54 Å². The standard InChI is InChI=1S/C17H17FN4O2/c18-12-5-3-4-11(10-12)14-17(24)22(8-1-2-9-23)16-15(21-14)13(19)6-7-20-16/h3-7,10,23H,1-2,8-9H2,(H2,19,20). The zero-order valence-electron chi connectivity index (χ0n) is 12.9. The third kappa shape index (κ3) is 2.98. The Bertz CT molecular complexity index is 940. The Kier molecular flexibility index (Phi) is 4.52. The number of anilines is 1. The zero-order valence-corrected chi connectivity index (χ0v) is 12.9. The molecule has 24 heavy (non-hydrogen) atoms. The van der Waals surface area contributed by atoms with Crippen molar-refractivity contribution in [3.63, 3.8) is 0 Å². The van der Waals surface area contributed by atoms with Gasteiger partial charge < -0.3 is 10.8 Å². The molecule has 6 nitrogen and oxygen atoms in total. The average Bonchev–Trinajstić information content (AvgIpc) is 2.57. The summed E-state index contributed by atoms with van der Waals surface area (Å²) < 4.78 is 15.0. The van der Waals surface area contributed by atoms with E-state index in [0.717, 1.165) is 0 Å². The first-order valence-electron chi connectivity index (χ1n) is 7.63. The van der Waals surface area contributed by atoms with Crippen LogP contribution >= 0.6 is 0 Å². The molecule has 0 bridgehead atoms. The summed E-state index contributed by atoms with van der Waals surface area (Å²) in [6, 6.07) is 7.33. The first-order chi connectivity index (χ1) is 11.6. The van der Waals surface area contributed by atoms with Crippen molar-refractivity contribution in [2.75, 3.05) is 12.3 Å². The number of hydrogen-bond donors (Lipinski definition) is 2. The summed E-state index contributed by atoms with van der Waals surface area (Å²) in [5.41, 5.74) is 7.32. The molecule has 3 N–H and O–H groups in total. The molecule has 3 rings (SSSR count). The van der Waals surface area contributed by atoms with Crippen molar-refractivity contribution in [3.05, 3.63) is 52.7 Å². The number of nitrogen functional groups attached to an aromatic ring is 1. The van der Waals surface area contributed by atoms with Gasteiger partial charge >= 0.3 is 0 Å². The summed E-state index contributed by atoms with van der Waals surface area (Å²) in [6.07, 6.45) is 2.69. The molecule has 0 saturated heterocycles. The van der Waals surface area contributed by atoms with Crippen molar-refractivity contribution >= 4 is 16.9 Å². The van der Waals surface area contributed by atoms with Crippen molar-refractivity contribution in [1.82, 2.24) is 14.5 Å². The van der Waals surface area contributed by atoms with E-state index < -0.39 is 5.82 Å². The molecule has 7 heteroatoms. The molecule has 0 aliphatic rings. The summed E-state index contributed by atoms with van der Waals surface area (Å²) in [7, 11) is 0. The Morgan fingerprint density at radius 1 is 1.25 bits per heavy atom. The van der Waals surface area contributed by atoms with Gasteiger partial charge in [0.15, 0.2) is 5.65 Å². The maximum absolute atomic E-state index is 13.5. The zero-order chi connectivity index (χ0) is 17.1. The van der Waals surface area contributed by atoms with E-state index in [-0.39, 0.29) is 17.9 Å². The lowest BCUT2D eigenvalue weighted by Crippen LogP contribution is -2.25. The van der Waals surface area contributed by atoms with Gasteiger partial charge in [-0.2, -0.15) is 0 Å². The average molecular weight is 328 g/mol. The van der Waals surface area contributed by atoms with E-state index in [0.29, 0.717) is 41.8 Å².